The summed E-state index contributed by atoms with van der Waals surface area (Å²) >= 11 is 0. The molecular formula is C16H23NO. The molecule has 2 nitrogen and oxygen atoms in total. The van der Waals surface area contributed by atoms with Gasteiger partial charge in [0.05, 0.1) is 0 Å². The molecule has 0 radical (unpaired) electrons. The van der Waals surface area contributed by atoms with Gasteiger partial charge >= 0.3 is 0 Å². The summed E-state index contributed by atoms with van der Waals surface area (Å²) in [6.07, 6.45) is 5.57. The molecule has 2 rings (SSSR count). The van der Waals surface area contributed by atoms with Crippen molar-refractivity contribution in [2.75, 3.05) is 0 Å². The van der Waals surface area contributed by atoms with Crippen LogP contribution in [0.15, 0.2) is 18.2 Å². The molecule has 18 heavy (non-hydrogen) atoms. The van der Waals surface area contributed by atoms with Gasteiger partial charge in [0.25, 0.3) is 0 Å². The van der Waals surface area contributed by atoms with E-state index < -0.39 is 0 Å². The Kier molecular flexibility index (Phi) is 4.05. The number of amides is 1. The first-order chi connectivity index (χ1) is 8.58. The molecule has 0 bridgehead atoms. The summed E-state index contributed by atoms with van der Waals surface area (Å²) in [6.45, 7) is 4.26. The van der Waals surface area contributed by atoms with E-state index in [9.17, 15) is 4.79 Å². The van der Waals surface area contributed by atoms with E-state index >= 15 is 0 Å². The molecule has 1 aromatic carbocycles. The van der Waals surface area contributed by atoms with Crippen LogP contribution >= 0.6 is 0 Å². The van der Waals surface area contributed by atoms with Gasteiger partial charge in [-0.3, -0.25) is 4.79 Å². The highest BCUT2D eigenvalue weighted by molar-refractivity contribution is 5.74. The van der Waals surface area contributed by atoms with Crippen LogP contribution in [0.5, 0.6) is 0 Å². The smallest absolute Gasteiger partial charge is 0.218 e. The Morgan fingerprint density at radius 3 is 2.50 bits per heavy atom. The Bertz CT molecular complexity index is 433. The normalized spacial score (nSPS) is 17.9. The number of hydrogen-bond acceptors (Lipinski definition) is 1. The molecule has 1 aliphatic carbocycles. The zero-order valence-corrected chi connectivity index (χ0v) is 11.4. The van der Waals surface area contributed by atoms with E-state index in [1.165, 1.54) is 42.4 Å². The SMILES string of the molecule is Cc1ccc(C(CC(N)=O)C2CCCC2)cc1C. The molecule has 1 atom stereocenters. The molecule has 0 heterocycles. The first kappa shape index (κ1) is 13.1. The largest absolute Gasteiger partial charge is 0.370 e. The molecule has 0 aliphatic heterocycles. The summed E-state index contributed by atoms with van der Waals surface area (Å²) < 4.78 is 0. The highest BCUT2D eigenvalue weighted by Crippen LogP contribution is 2.39. The van der Waals surface area contributed by atoms with Gasteiger partial charge in [-0.1, -0.05) is 31.0 Å². The minimum Gasteiger partial charge on any atom is -0.370 e. The van der Waals surface area contributed by atoms with E-state index in [0.29, 0.717) is 18.3 Å². The Morgan fingerprint density at radius 2 is 1.94 bits per heavy atom. The zero-order chi connectivity index (χ0) is 13.1. The monoisotopic (exact) mass is 245 g/mol. The van der Waals surface area contributed by atoms with Gasteiger partial charge in [0.2, 0.25) is 5.91 Å². The molecule has 1 amide bonds. The number of rotatable bonds is 4. The fourth-order valence-electron chi connectivity index (χ4n) is 3.13. The number of carbonyl (C=O) groups excluding carboxylic acids is 1. The molecule has 98 valence electrons. The molecule has 0 aromatic heterocycles. The van der Waals surface area contributed by atoms with Gasteiger partial charge in [-0.05, 0) is 55.2 Å². The van der Waals surface area contributed by atoms with Crippen molar-refractivity contribution in [3.05, 3.63) is 34.9 Å². The summed E-state index contributed by atoms with van der Waals surface area (Å²) in [5, 5.41) is 0. The standard InChI is InChI=1S/C16H23NO/c1-11-7-8-14(9-12(11)2)15(10-16(17)18)13-5-3-4-6-13/h7-9,13,15H,3-6,10H2,1-2H3,(H2,17,18). The van der Waals surface area contributed by atoms with Crippen molar-refractivity contribution < 1.29 is 4.79 Å². The van der Waals surface area contributed by atoms with Crippen LogP contribution in [0.25, 0.3) is 0 Å². The molecule has 1 fully saturated rings. The van der Waals surface area contributed by atoms with Crippen LogP contribution in [-0.2, 0) is 4.79 Å². The first-order valence-electron chi connectivity index (χ1n) is 6.93. The minimum absolute atomic E-state index is 0.176. The third kappa shape index (κ3) is 2.92. The molecule has 2 N–H and O–H groups in total. The average Bonchev–Trinajstić information content (AvgIpc) is 2.83. The second-order valence-corrected chi connectivity index (χ2v) is 5.67. The molecule has 1 aromatic rings. The molecule has 0 spiro atoms. The lowest BCUT2D eigenvalue weighted by Crippen LogP contribution is -2.20. The average molecular weight is 245 g/mol. The van der Waals surface area contributed by atoms with Crippen molar-refractivity contribution in [2.45, 2.75) is 51.9 Å². The van der Waals surface area contributed by atoms with Gasteiger partial charge in [0, 0.05) is 6.42 Å². The van der Waals surface area contributed by atoms with Gasteiger partial charge in [0.1, 0.15) is 0 Å². The summed E-state index contributed by atoms with van der Waals surface area (Å²) in [5.41, 5.74) is 9.34. The lowest BCUT2D eigenvalue weighted by Gasteiger charge is -2.23. The minimum atomic E-state index is -0.176. The summed E-state index contributed by atoms with van der Waals surface area (Å²) in [5.74, 6) is 0.786. The number of benzene rings is 1. The van der Waals surface area contributed by atoms with Crippen LogP contribution in [0.4, 0.5) is 0 Å². The maximum absolute atomic E-state index is 11.3. The van der Waals surface area contributed by atoms with Crippen LogP contribution < -0.4 is 5.73 Å². The molecular weight excluding hydrogens is 222 g/mol. The fourth-order valence-corrected chi connectivity index (χ4v) is 3.13. The number of carbonyl (C=O) groups is 1. The lowest BCUT2D eigenvalue weighted by atomic mass is 9.81. The Labute approximate surface area is 110 Å². The highest BCUT2D eigenvalue weighted by atomic mass is 16.1. The quantitative estimate of drug-likeness (QED) is 0.867. The lowest BCUT2D eigenvalue weighted by molar-refractivity contribution is -0.118. The number of aryl methyl sites for hydroxylation is 2. The Hall–Kier alpha value is -1.31. The van der Waals surface area contributed by atoms with E-state index in [1.807, 2.05) is 0 Å². The van der Waals surface area contributed by atoms with Crippen LogP contribution in [-0.4, -0.2) is 5.91 Å². The molecule has 1 unspecified atom stereocenters. The molecule has 0 saturated heterocycles. The van der Waals surface area contributed by atoms with Crippen molar-refractivity contribution >= 4 is 5.91 Å². The van der Waals surface area contributed by atoms with E-state index in [-0.39, 0.29) is 5.91 Å². The fraction of sp³-hybridized carbons (Fsp3) is 0.562. The van der Waals surface area contributed by atoms with Crippen LogP contribution in [0.2, 0.25) is 0 Å². The molecule has 1 aliphatic rings. The Morgan fingerprint density at radius 1 is 1.28 bits per heavy atom. The number of nitrogens with two attached hydrogens (primary N) is 1. The van der Waals surface area contributed by atoms with Gasteiger partial charge in [0.15, 0.2) is 0 Å². The van der Waals surface area contributed by atoms with Crippen molar-refractivity contribution in [2.24, 2.45) is 11.7 Å². The highest BCUT2D eigenvalue weighted by Gasteiger charge is 2.27. The van der Waals surface area contributed by atoms with Crippen molar-refractivity contribution in [1.82, 2.24) is 0 Å². The van der Waals surface area contributed by atoms with Crippen LogP contribution in [0, 0.1) is 19.8 Å². The van der Waals surface area contributed by atoms with Crippen LogP contribution in [0.3, 0.4) is 0 Å². The number of hydrogen-bond donors (Lipinski definition) is 1. The van der Waals surface area contributed by atoms with Crippen molar-refractivity contribution in [1.29, 1.82) is 0 Å². The molecule has 1 saturated carbocycles. The van der Waals surface area contributed by atoms with Crippen LogP contribution in [0.1, 0.15) is 54.7 Å². The van der Waals surface area contributed by atoms with Gasteiger partial charge < -0.3 is 5.73 Å². The maximum atomic E-state index is 11.3. The van der Waals surface area contributed by atoms with E-state index in [2.05, 4.69) is 32.0 Å². The zero-order valence-electron chi connectivity index (χ0n) is 11.4. The van der Waals surface area contributed by atoms with Crippen molar-refractivity contribution in [3.8, 4) is 0 Å². The van der Waals surface area contributed by atoms with Gasteiger partial charge in [-0.15, -0.1) is 0 Å². The second kappa shape index (κ2) is 5.55. The summed E-state index contributed by atoms with van der Waals surface area (Å²) in [7, 11) is 0. The van der Waals surface area contributed by atoms with Gasteiger partial charge in [-0.25, -0.2) is 0 Å². The number of primary amides is 1. The third-order valence-electron chi connectivity index (χ3n) is 4.35. The van der Waals surface area contributed by atoms with E-state index in [4.69, 9.17) is 5.73 Å². The maximum Gasteiger partial charge on any atom is 0.218 e. The summed E-state index contributed by atoms with van der Waals surface area (Å²) in [4.78, 5) is 11.3. The van der Waals surface area contributed by atoms with E-state index in [1.54, 1.807) is 0 Å². The molecule has 2 heteroatoms. The second-order valence-electron chi connectivity index (χ2n) is 5.67. The predicted octanol–water partition coefficient (Wildman–Crippen LogP) is 3.45. The topological polar surface area (TPSA) is 43.1 Å². The Balaban J connectivity index is 2.26. The van der Waals surface area contributed by atoms with Crippen molar-refractivity contribution in [3.63, 3.8) is 0 Å². The summed E-state index contributed by atoms with van der Waals surface area (Å²) in [6, 6.07) is 6.57. The van der Waals surface area contributed by atoms with E-state index in [0.717, 1.165) is 0 Å². The predicted molar refractivity (Wildman–Crippen MR) is 74.4 cm³/mol. The first-order valence-corrected chi connectivity index (χ1v) is 6.93. The third-order valence-corrected chi connectivity index (χ3v) is 4.35. The van der Waals surface area contributed by atoms with Gasteiger partial charge in [-0.2, -0.15) is 0 Å².